The first-order valence-corrected chi connectivity index (χ1v) is 8.19. The first kappa shape index (κ1) is 20.2. The summed E-state index contributed by atoms with van der Waals surface area (Å²) in [6.45, 7) is 9.25. The molecule has 2 nitrogen and oxygen atoms in total. The van der Waals surface area contributed by atoms with Crippen molar-refractivity contribution < 1.29 is 0 Å². The molecule has 1 aliphatic rings. The van der Waals surface area contributed by atoms with Crippen LogP contribution in [-0.4, -0.2) is 31.1 Å². The summed E-state index contributed by atoms with van der Waals surface area (Å²) >= 11 is 1.95. The molecule has 118 valence electrons. The SMILES string of the molecule is CCCCC[C@H](c1sccc1C)N1CCNCC1.Cl.Cl. The molecule has 1 aromatic rings. The standard InChI is InChI=1S/C15H26N2S.2ClH/c1-3-4-5-6-14(15-13(2)7-12-18-15)17-10-8-16-9-11-17;;/h7,12,14,16H,3-6,8-11H2,1-2H3;2*1H/t14-;;/m1../s1. The van der Waals surface area contributed by atoms with E-state index in [1.165, 1.54) is 44.3 Å². The van der Waals surface area contributed by atoms with E-state index < -0.39 is 0 Å². The van der Waals surface area contributed by atoms with Gasteiger partial charge in [0.2, 0.25) is 0 Å². The van der Waals surface area contributed by atoms with E-state index in [0.29, 0.717) is 6.04 Å². The Morgan fingerprint density at radius 1 is 1.25 bits per heavy atom. The molecule has 0 saturated carbocycles. The van der Waals surface area contributed by atoms with Crippen molar-refractivity contribution in [2.45, 2.75) is 45.6 Å². The summed E-state index contributed by atoms with van der Waals surface area (Å²) in [5, 5.41) is 5.71. The molecule has 0 bridgehead atoms. The first-order chi connectivity index (χ1) is 8.83. The summed E-state index contributed by atoms with van der Waals surface area (Å²) in [6, 6.07) is 2.94. The van der Waals surface area contributed by atoms with Crippen LogP contribution in [-0.2, 0) is 0 Å². The molecule has 0 unspecified atom stereocenters. The predicted molar refractivity (Wildman–Crippen MR) is 94.9 cm³/mol. The Labute approximate surface area is 140 Å². The van der Waals surface area contributed by atoms with Crippen LogP contribution in [0.15, 0.2) is 11.4 Å². The van der Waals surface area contributed by atoms with Gasteiger partial charge in [0.25, 0.3) is 0 Å². The number of rotatable bonds is 6. The number of unbranched alkanes of at least 4 members (excludes halogenated alkanes) is 2. The lowest BCUT2D eigenvalue weighted by Crippen LogP contribution is -2.45. The van der Waals surface area contributed by atoms with E-state index in [1.54, 1.807) is 4.88 Å². The molecule has 5 heteroatoms. The van der Waals surface area contributed by atoms with Gasteiger partial charge in [-0.2, -0.15) is 0 Å². The molecule has 2 heterocycles. The molecule has 0 aliphatic carbocycles. The summed E-state index contributed by atoms with van der Waals surface area (Å²) in [4.78, 5) is 4.29. The first-order valence-electron chi connectivity index (χ1n) is 7.31. The van der Waals surface area contributed by atoms with Crippen LogP contribution in [0.25, 0.3) is 0 Å². The minimum absolute atomic E-state index is 0. The van der Waals surface area contributed by atoms with Crippen LogP contribution in [0.1, 0.15) is 49.1 Å². The van der Waals surface area contributed by atoms with Crippen molar-refractivity contribution in [2.24, 2.45) is 0 Å². The molecule has 0 aromatic carbocycles. The minimum atomic E-state index is 0. The second-order valence-electron chi connectivity index (χ2n) is 5.27. The average molecular weight is 339 g/mol. The Bertz CT molecular complexity index is 351. The van der Waals surface area contributed by atoms with Gasteiger partial charge in [0.15, 0.2) is 0 Å². The van der Waals surface area contributed by atoms with Crippen LogP contribution in [0.3, 0.4) is 0 Å². The Morgan fingerprint density at radius 3 is 2.50 bits per heavy atom. The van der Waals surface area contributed by atoms with Crippen molar-refractivity contribution in [3.8, 4) is 0 Å². The molecule has 0 amide bonds. The normalized spacial score (nSPS) is 17.1. The lowest BCUT2D eigenvalue weighted by atomic mass is 10.0. The fourth-order valence-corrected chi connectivity index (χ4v) is 3.88. The van der Waals surface area contributed by atoms with Gasteiger partial charge in [0.1, 0.15) is 0 Å². The molecule has 1 N–H and O–H groups in total. The summed E-state index contributed by atoms with van der Waals surface area (Å²) in [6.07, 6.45) is 5.38. The molecule has 1 atom stereocenters. The zero-order valence-corrected chi connectivity index (χ0v) is 15.0. The van der Waals surface area contributed by atoms with Crippen molar-refractivity contribution in [3.63, 3.8) is 0 Å². The largest absolute Gasteiger partial charge is 0.314 e. The number of aryl methyl sites for hydroxylation is 1. The molecule has 1 aliphatic heterocycles. The highest BCUT2D eigenvalue weighted by Crippen LogP contribution is 2.33. The Hall–Kier alpha value is 0.200. The van der Waals surface area contributed by atoms with E-state index >= 15 is 0 Å². The molecule has 1 fully saturated rings. The minimum Gasteiger partial charge on any atom is -0.314 e. The van der Waals surface area contributed by atoms with E-state index in [4.69, 9.17) is 0 Å². The highest BCUT2D eigenvalue weighted by molar-refractivity contribution is 7.10. The van der Waals surface area contributed by atoms with Gasteiger partial charge >= 0.3 is 0 Å². The van der Waals surface area contributed by atoms with E-state index in [-0.39, 0.29) is 24.8 Å². The third-order valence-electron chi connectivity index (χ3n) is 3.88. The van der Waals surface area contributed by atoms with Crippen LogP contribution in [0.4, 0.5) is 0 Å². The fraction of sp³-hybridized carbons (Fsp3) is 0.733. The quantitative estimate of drug-likeness (QED) is 0.772. The van der Waals surface area contributed by atoms with E-state index in [1.807, 2.05) is 11.3 Å². The molecular weight excluding hydrogens is 311 g/mol. The number of hydrogen-bond donors (Lipinski definition) is 1. The monoisotopic (exact) mass is 338 g/mol. The van der Waals surface area contributed by atoms with Crippen molar-refractivity contribution in [1.29, 1.82) is 0 Å². The van der Waals surface area contributed by atoms with Crippen LogP contribution in [0.5, 0.6) is 0 Å². The Balaban J connectivity index is 0.00000180. The van der Waals surface area contributed by atoms with Crippen LogP contribution >= 0.6 is 36.2 Å². The summed E-state index contributed by atoms with van der Waals surface area (Å²) in [5.41, 5.74) is 1.49. The van der Waals surface area contributed by atoms with Gasteiger partial charge in [-0.15, -0.1) is 36.2 Å². The predicted octanol–water partition coefficient (Wildman–Crippen LogP) is 4.43. The number of nitrogens with zero attached hydrogens (tertiary/aromatic N) is 1. The Kier molecular flexibility index (Phi) is 11.0. The zero-order valence-electron chi connectivity index (χ0n) is 12.6. The molecule has 1 saturated heterocycles. The van der Waals surface area contributed by atoms with Gasteiger partial charge in [0, 0.05) is 37.1 Å². The van der Waals surface area contributed by atoms with Gasteiger partial charge in [-0.05, 0) is 30.4 Å². The van der Waals surface area contributed by atoms with E-state index in [2.05, 4.69) is 35.5 Å². The second kappa shape index (κ2) is 10.9. The smallest absolute Gasteiger partial charge is 0.0445 e. The van der Waals surface area contributed by atoms with Gasteiger partial charge in [0.05, 0.1) is 0 Å². The van der Waals surface area contributed by atoms with Crippen LogP contribution in [0.2, 0.25) is 0 Å². The van der Waals surface area contributed by atoms with Gasteiger partial charge in [-0.25, -0.2) is 0 Å². The highest BCUT2D eigenvalue weighted by Gasteiger charge is 2.23. The van der Waals surface area contributed by atoms with Crippen molar-refractivity contribution in [1.82, 2.24) is 10.2 Å². The summed E-state index contributed by atoms with van der Waals surface area (Å²) in [5.74, 6) is 0. The van der Waals surface area contributed by atoms with Gasteiger partial charge in [-0.3, -0.25) is 4.90 Å². The topological polar surface area (TPSA) is 15.3 Å². The molecule has 20 heavy (non-hydrogen) atoms. The molecule has 1 aromatic heterocycles. The van der Waals surface area contributed by atoms with E-state index in [0.717, 1.165) is 13.1 Å². The Morgan fingerprint density at radius 2 is 1.95 bits per heavy atom. The number of piperazine rings is 1. The van der Waals surface area contributed by atoms with Crippen LogP contribution in [0, 0.1) is 6.92 Å². The maximum absolute atomic E-state index is 3.46. The van der Waals surface area contributed by atoms with Gasteiger partial charge < -0.3 is 5.32 Å². The number of hydrogen-bond acceptors (Lipinski definition) is 3. The van der Waals surface area contributed by atoms with E-state index in [9.17, 15) is 0 Å². The maximum Gasteiger partial charge on any atom is 0.0445 e. The average Bonchev–Trinajstić information content (AvgIpc) is 2.82. The summed E-state index contributed by atoms with van der Waals surface area (Å²) < 4.78 is 0. The number of halogens is 2. The molecule has 2 rings (SSSR count). The van der Waals surface area contributed by atoms with Gasteiger partial charge in [-0.1, -0.05) is 26.2 Å². The third-order valence-corrected chi connectivity index (χ3v) is 5.00. The van der Waals surface area contributed by atoms with Crippen molar-refractivity contribution in [2.75, 3.05) is 26.2 Å². The van der Waals surface area contributed by atoms with Crippen LogP contribution < -0.4 is 5.32 Å². The van der Waals surface area contributed by atoms with Crippen molar-refractivity contribution >= 4 is 36.2 Å². The maximum atomic E-state index is 3.46. The number of thiophene rings is 1. The highest BCUT2D eigenvalue weighted by atomic mass is 35.5. The third kappa shape index (κ3) is 5.53. The lowest BCUT2D eigenvalue weighted by Gasteiger charge is -2.35. The number of nitrogens with one attached hydrogen (secondary N) is 1. The lowest BCUT2D eigenvalue weighted by molar-refractivity contribution is 0.165. The van der Waals surface area contributed by atoms with Crippen molar-refractivity contribution in [3.05, 3.63) is 21.9 Å². The molecule has 0 radical (unpaired) electrons. The second-order valence-corrected chi connectivity index (χ2v) is 6.21. The zero-order chi connectivity index (χ0) is 12.8. The molecular formula is C15H28Cl2N2S. The molecule has 0 spiro atoms. The fourth-order valence-electron chi connectivity index (χ4n) is 2.79. The summed E-state index contributed by atoms with van der Waals surface area (Å²) in [7, 11) is 0.